The molecule has 3 aromatic rings. The predicted molar refractivity (Wildman–Crippen MR) is 102 cm³/mol. The third-order valence-corrected chi connectivity index (χ3v) is 4.76. The van der Waals surface area contributed by atoms with Crippen molar-refractivity contribution in [1.82, 2.24) is 9.55 Å². The molecule has 2 aromatic heterocycles. The second kappa shape index (κ2) is 8.41. The molecule has 0 unspecified atom stereocenters. The van der Waals surface area contributed by atoms with Gasteiger partial charge in [-0.1, -0.05) is 49.2 Å². The normalized spacial score (nSPS) is 11.1. The number of imidazole rings is 1. The van der Waals surface area contributed by atoms with E-state index in [0.29, 0.717) is 28.7 Å². The lowest BCUT2D eigenvalue weighted by Gasteiger charge is -2.11. The van der Waals surface area contributed by atoms with Crippen LogP contribution in [0.2, 0.25) is 5.15 Å². The number of hydrogen-bond donors (Lipinski definition) is 2. The summed E-state index contributed by atoms with van der Waals surface area (Å²) in [6, 6.07) is 8.89. The van der Waals surface area contributed by atoms with Crippen molar-refractivity contribution in [3.63, 3.8) is 0 Å². The number of carboxylic acid groups (broad SMARTS) is 1. The van der Waals surface area contributed by atoms with Crippen LogP contribution in [-0.2, 0) is 19.6 Å². The minimum absolute atomic E-state index is 0.133. The zero-order chi connectivity index (χ0) is 19.4. The molecule has 0 saturated carbocycles. The predicted octanol–water partition coefficient (Wildman–Crippen LogP) is 4.38. The first-order valence-corrected chi connectivity index (χ1v) is 9.17. The molecule has 0 aliphatic carbocycles. The molecule has 0 saturated heterocycles. The topological polar surface area (TPSA) is 88.5 Å². The molecule has 0 amide bonds. The van der Waals surface area contributed by atoms with Gasteiger partial charge in [-0.15, -0.1) is 0 Å². The van der Waals surface area contributed by atoms with Gasteiger partial charge in [0.1, 0.15) is 17.1 Å². The molecule has 0 spiro atoms. The number of nitrogens with zero attached hydrogens (tertiary/aromatic N) is 2. The molecule has 7 heteroatoms. The molecule has 2 heterocycles. The smallest absolute Gasteiger partial charge is 0.339 e. The average molecular weight is 389 g/mol. The van der Waals surface area contributed by atoms with E-state index in [1.807, 2.05) is 28.8 Å². The first kappa shape index (κ1) is 19.2. The second-order valence-electron chi connectivity index (χ2n) is 6.28. The third kappa shape index (κ3) is 4.07. The monoisotopic (exact) mass is 388 g/mol. The molecule has 1 aromatic carbocycles. The number of aliphatic hydroxyl groups excluding tert-OH is 1. The number of unbranched alkanes of at least 4 members (excludes halogenated alkanes) is 1. The van der Waals surface area contributed by atoms with Crippen LogP contribution in [0.5, 0.6) is 0 Å². The Bertz CT molecular complexity index is 928. The van der Waals surface area contributed by atoms with Crippen LogP contribution in [0.1, 0.15) is 47.2 Å². The van der Waals surface area contributed by atoms with E-state index >= 15 is 0 Å². The Morgan fingerprint density at radius 3 is 2.63 bits per heavy atom. The highest BCUT2D eigenvalue weighted by atomic mass is 35.5. The van der Waals surface area contributed by atoms with Crippen LogP contribution < -0.4 is 0 Å². The molecule has 0 atom stereocenters. The van der Waals surface area contributed by atoms with E-state index in [4.69, 9.17) is 16.0 Å². The number of halogens is 1. The Kier molecular flexibility index (Phi) is 5.98. The van der Waals surface area contributed by atoms with Crippen LogP contribution in [0.4, 0.5) is 0 Å². The number of rotatable bonds is 8. The van der Waals surface area contributed by atoms with Crippen molar-refractivity contribution < 1.29 is 19.4 Å². The maximum atomic E-state index is 11.3. The number of benzene rings is 1. The second-order valence-corrected chi connectivity index (χ2v) is 6.64. The number of aryl methyl sites for hydroxylation is 1. The fraction of sp³-hybridized carbons (Fsp3) is 0.300. The van der Waals surface area contributed by atoms with Gasteiger partial charge in [0.2, 0.25) is 0 Å². The number of carbonyl (C=O) groups is 1. The van der Waals surface area contributed by atoms with E-state index in [0.717, 1.165) is 30.7 Å². The van der Waals surface area contributed by atoms with Gasteiger partial charge in [-0.25, -0.2) is 9.78 Å². The van der Waals surface area contributed by atoms with Gasteiger partial charge < -0.3 is 19.2 Å². The van der Waals surface area contributed by atoms with E-state index < -0.39 is 5.97 Å². The highest BCUT2D eigenvalue weighted by molar-refractivity contribution is 6.30. The molecule has 3 rings (SSSR count). The fourth-order valence-corrected chi connectivity index (χ4v) is 3.27. The standard InChI is InChI=1S/C20H21ClN2O4/c1-2-3-4-17-22-19(21)16(12-24)23(17)11-13-5-7-14(8-6-13)18-15(20(25)26)9-10-27-18/h5-10,24H,2-4,11-12H2,1H3,(H,25,26). The SMILES string of the molecule is CCCCc1nc(Cl)c(CO)n1Cc1ccc(-c2occc2C(=O)O)cc1. The molecule has 2 N–H and O–H groups in total. The lowest BCUT2D eigenvalue weighted by Crippen LogP contribution is -2.09. The Morgan fingerprint density at radius 2 is 2.00 bits per heavy atom. The van der Waals surface area contributed by atoms with E-state index in [1.165, 1.54) is 12.3 Å². The highest BCUT2D eigenvalue weighted by Crippen LogP contribution is 2.26. The van der Waals surface area contributed by atoms with Crippen LogP contribution in [0.15, 0.2) is 41.0 Å². The molecule has 27 heavy (non-hydrogen) atoms. The van der Waals surface area contributed by atoms with Crippen molar-refractivity contribution in [2.75, 3.05) is 0 Å². The Hall–Kier alpha value is -2.57. The Balaban J connectivity index is 1.87. The summed E-state index contributed by atoms with van der Waals surface area (Å²) in [6.45, 7) is 2.46. The van der Waals surface area contributed by atoms with Crippen molar-refractivity contribution in [3.8, 4) is 11.3 Å². The summed E-state index contributed by atoms with van der Waals surface area (Å²) in [7, 11) is 0. The van der Waals surface area contributed by atoms with Gasteiger partial charge in [0.25, 0.3) is 0 Å². The summed E-state index contributed by atoms with van der Waals surface area (Å²) in [5.41, 5.74) is 2.42. The highest BCUT2D eigenvalue weighted by Gasteiger charge is 2.17. The van der Waals surface area contributed by atoms with E-state index in [-0.39, 0.29) is 12.2 Å². The van der Waals surface area contributed by atoms with Crippen molar-refractivity contribution in [1.29, 1.82) is 0 Å². The zero-order valence-electron chi connectivity index (χ0n) is 15.0. The van der Waals surface area contributed by atoms with Gasteiger partial charge in [-0.2, -0.15) is 0 Å². The molecule has 0 aliphatic heterocycles. The average Bonchev–Trinajstić information content (AvgIpc) is 3.25. The molecule has 0 fully saturated rings. The molecule has 142 valence electrons. The Morgan fingerprint density at radius 1 is 1.26 bits per heavy atom. The number of aromatic nitrogens is 2. The van der Waals surface area contributed by atoms with Gasteiger partial charge in [-0.3, -0.25) is 0 Å². The first-order valence-electron chi connectivity index (χ1n) is 8.79. The number of furan rings is 1. The lowest BCUT2D eigenvalue weighted by molar-refractivity contribution is 0.0697. The van der Waals surface area contributed by atoms with Gasteiger partial charge in [0.05, 0.1) is 18.6 Å². The summed E-state index contributed by atoms with van der Waals surface area (Å²) < 4.78 is 7.27. The first-order chi connectivity index (χ1) is 13.0. The van der Waals surface area contributed by atoms with E-state index in [9.17, 15) is 15.0 Å². The molecule has 0 aliphatic rings. The van der Waals surface area contributed by atoms with E-state index in [1.54, 1.807) is 0 Å². The van der Waals surface area contributed by atoms with Crippen LogP contribution in [-0.4, -0.2) is 25.7 Å². The molecular weight excluding hydrogens is 368 g/mol. The van der Waals surface area contributed by atoms with Gasteiger partial charge in [0.15, 0.2) is 5.15 Å². The fourth-order valence-electron chi connectivity index (χ4n) is 3.01. The Labute approximate surface area is 162 Å². The number of aromatic carboxylic acids is 1. The number of carboxylic acids is 1. The largest absolute Gasteiger partial charge is 0.478 e. The zero-order valence-corrected chi connectivity index (χ0v) is 15.7. The minimum Gasteiger partial charge on any atom is -0.478 e. The summed E-state index contributed by atoms with van der Waals surface area (Å²) in [5, 5.41) is 19.2. The summed E-state index contributed by atoms with van der Waals surface area (Å²) in [4.78, 5) is 15.6. The summed E-state index contributed by atoms with van der Waals surface area (Å²) >= 11 is 6.18. The van der Waals surface area contributed by atoms with Gasteiger partial charge >= 0.3 is 5.97 Å². The van der Waals surface area contributed by atoms with Crippen LogP contribution in [0.25, 0.3) is 11.3 Å². The summed E-state index contributed by atoms with van der Waals surface area (Å²) in [5.74, 6) is 0.164. The minimum atomic E-state index is -1.02. The van der Waals surface area contributed by atoms with Crippen LogP contribution in [0.3, 0.4) is 0 Å². The van der Waals surface area contributed by atoms with Gasteiger partial charge in [-0.05, 0) is 18.1 Å². The molecular formula is C20H21ClN2O4. The van der Waals surface area contributed by atoms with Crippen molar-refractivity contribution in [2.45, 2.75) is 39.3 Å². The van der Waals surface area contributed by atoms with Crippen molar-refractivity contribution >= 4 is 17.6 Å². The van der Waals surface area contributed by atoms with Crippen molar-refractivity contribution in [2.24, 2.45) is 0 Å². The number of aliphatic hydroxyl groups is 1. The van der Waals surface area contributed by atoms with Crippen molar-refractivity contribution in [3.05, 3.63) is 64.4 Å². The quantitative estimate of drug-likeness (QED) is 0.597. The maximum absolute atomic E-state index is 11.3. The maximum Gasteiger partial charge on any atom is 0.339 e. The lowest BCUT2D eigenvalue weighted by atomic mass is 10.1. The molecule has 0 radical (unpaired) electrons. The molecule has 0 bridgehead atoms. The third-order valence-electron chi connectivity index (χ3n) is 4.46. The van der Waals surface area contributed by atoms with E-state index in [2.05, 4.69) is 11.9 Å². The summed E-state index contributed by atoms with van der Waals surface area (Å²) in [6.07, 6.45) is 4.20. The molecule has 6 nitrogen and oxygen atoms in total. The van der Waals surface area contributed by atoms with Crippen LogP contribution in [0, 0.1) is 0 Å². The van der Waals surface area contributed by atoms with Gasteiger partial charge in [0, 0.05) is 18.5 Å². The van der Waals surface area contributed by atoms with Crippen LogP contribution >= 0.6 is 11.6 Å². The number of hydrogen-bond acceptors (Lipinski definition) is 4.